The number of nitrogens with zero attached hydrogens (tertiary/aromatic N) is 3. The summed E-state index contributed by atoms with van der Waals surface area (Å²) in [7, 11) is 2.22. The van der Waals surface area contributed by atoms with Crippen LogP contribution in [0.4, 0.5) is 0 Å². The number of likely N-dealkylation sites (N-methyl/N-ethyl adjacent to an activating group) is 1. The van der Waals surface area contributed by atoms with E-state index in [-0.39, 0.29) is 5.41 Å². The Morgan fingerprint density at radius 1 is 1.18 bits per heavy atom. The third-order valence-corrected chi connectivity index (χ3v) is 6.17. The van der Waals surface area contributed by atoms with Gasteiger partial charge in [-0.05, 0) is 77.0 Å². The fourth-order valence-corrected chi connectivity index (χ4v) is 4.10. The van der Waals surface area contributed by atoms with Crippen LogP contribution in [0, 0.1) is 0 Å². The second kappa shape index (κ2) is 10.5. The van der Waals surface area contributed by atoms with E-state index in [9.17, 15) is 0 Å². The average molecular weight is 406 g/mol. The first-order valence-electron chi connectivity index (χ1n) is 10.8. The van der Waals surface area contributed by atoms with Gasteiger partial charge < -0.3 is 20.4 Å². The van der Waals surface area contributed by atoms with Crippen LogP contribution < -0.4 is 10.6 Å². The van der Waals surface area contributed by atoms with Crippen LogP contribution in [0.5, 0.6) is 0 Å². The Morgan fingerprint density at radius 3 is 2.79 bits per heavy atom. The van der Waals surface area contributed by atoms with Gasteiger partial charge in [-0.15, -0.1) is 0 Å². The predicted molar refractivity (Wildman–Crippen MR) is 120 cm³/mol. The molecule has 28 heavy (non-hydrogen) atoms. The molecule has 1 aliphatic heterocycles. The van der Waals surface area contributed by atoms with Crippen LogP contribution >= 0.6 is 11.6 Å². The lowest BCUT2D eigenvalue weighted by atomic mass is 9.96. The molecule has 156 valence electrons. The fraction of sp³-hybridized carbons (Fsp3) is 0.682. The van der Waals surface area contributed by atoms with Gasteiger partial charge >= 0.3 is 0 Å². The molecule has 1 heterocycles. The molecule has 2 aliphatic rings. The van der Waals surface area contributed by atoms with E-state index in [2.05, 4.69) is 46.5 Å². The van der Waals surface area contributed by atoms with Crippen molar-refractivity contribution in [2.75, 3.05) is 59.4 Å². The zero-order valence-corrected chi connectivity index (χ0v) is 18.3. The summed E-state index contributed by atoms with van der Waals surface area (Å²) in [6, 6.07) is 8.28. The number of guanidine groups is 1. The van der Waals surface area contributed by atoms with Crippen LogP contribution in [-0.4, -0.2) is 75.2 Å². The summed E-state index contributed by atoms with van der Waals surface area (Å²) in [6.45, 7) is 10.8. The molecule has 0 aromatic heterocycles. The van der Waals surface area contributed by atoms with Gasteiger partial charge in [0.25, 0.3) is 0 Å². The first kappa shape index (κ1) is 21.4. The van der Waals surface area contributed by atoms with Crippen molar-refractivity contribution < 1.29 is 0 Å². The number of rotatable bonds is 8. The highest BCUT2D eigenvalue weighted by atomic mass is 35.5. The second-order valence-electron chi connectivity index (χ2n) is 8.26. The van der Waals surface area contributed by atoms with Crippen LogP contribution in [0.3, 0.4) is 0 Å². The summed E-state index contributed by atoms with van der Waals surface area (Å²) in [5.74, 6) is 0.936. The first-order chi connectivity index (χ1) is 13.6. The third kappa shape index (κ3) is 6.36. The standard InChI is InChI=1S/C22H36ClN5/c1-3-24-21(25-11-5-13-28-14-6-12-27(2)15-16-28)26-18-22(9-10-22)19-7-4-8-20(23)17-19/h4,7-8,17H,3,5-6,9-16,18H2,1-2H3,(H2,24,25,26). The van der Waals surface area contributed by atoms with Gasteiger partial charge in [0, 0.05) is 36.6 Å². The molecule has 1 aliphatic carbocycles. The highest BCUT2D eigenvalue weighted by Crippen LogP contribution is 2.48. The van der Waals surface area contributed by atoms with Gasteiger partial charge in [0.1, 0.15) is 0 Å². The van der Waals surface area contributed by atoms with E-state index in [1.165, 1.54) is 51.0 Å². The second-order valence-corrected chi connectivity index (χ2v) is 8.70. The molecule has 5 nitrogen and oxygen atoms in total. The first-order valence-corrected chi connectivity index (χ1v) is 11.2. The van der Waals surface area contributed by atoms with Crippen LogP contribution in [0.25, 0.3) is 0 Å². The van der Waals surface area contributed by atoms with Crippen molar-refractivity contribution >= 4 is 17.6 Å². The van der Waals surface area contributed by atoms with Crippen molar-refractivity contribution in [3.05, 3.63) is 34.9 Å². The van der Waals surface area contributed by atoms with Crippen molar-refractivity contribution in [3.63, 3.8) is 0 Å². The van der Waals surface area contributed by atoms with E-state index in [0.717, 1.165) is 43.6 Å². The number of hydrogen-bond donors (Lipinski definition) is 2. The maximum absolute atomic E-state index is 6.19. The van der Waals surface area contributed by atoms with Crippen LogP contribution in [0.15, 0.2) is 29.3 Å². The number of nitrogens with one attached hydrogen (secondary N) is 2. The molecule has 0 unspecified atom stereocenters. The monoisotopic (exact) mass is 405 g/mol. The van der Waals surface area contributed by atoms with Crippen molar-refractivity contribution in [1.29, 1.82) is 0 Å². The normalized spacial score (nSPS) is 20.6. The number of aliphatic imine (C=N–C) groups is 1. The summed E-state index contributed by atoms with van der Waals surface area (Å²) in [5.41, 5.74) is 1.51. The Kier molecular flexibility index (Phi) is 8.00. The third-order valence-electron chi connectivity index (χ3n) is 5.93. The topological polar surface area (TPSA) is 42.9 Å². The minimum atomic E-state index is 0.186. The molecule has 0 amide bonds. The van der Waals surface area contributed by atoms with Crippen molar-refractivity contribution in [2.45, 2.75) is 38.0 Å². The predicted octanol–water partition coefficient (Wildman–Crippen LogP) is 2.95. The lowest BCUT2D eigenvalue weighted by molar-refractivity contribution is 0.274. The van der Waals surface area contributed by atoms with E-state index in [1.807, 2.05) is 12.1 Å². The minimum Gasteiger partial charge on any atom is -0.357 e. The minimum absolute atomic E-state index is 0.186. The molecule has 6 heteroatoms. The van der Waals surface area contributed by atoms with Crippen LogP contribution in [0.1, 0.15) is 38.2 Å². The van der Waals surface area contributed by atoms with E-state index in [0.29, 0.717) is 0 Å². The fourth-order valence-electron chi connectivity index (χ4n) is 3.91. The van der Waals surface area contributed by atoms with Gasteiger partial charge in [-0.1, -0.05) is 23.7 Å². The van der Waals surface area contributed by atoms with E-state index in [1.54, 1.807) is 0 Å². The molecular formula is C22H36ClN5. The Balaban J connectivity index is 1.45. The summed E-state index contributed by atoms with van der Waals surface area (Å²) < 4.78 is 0. The van der Waals surface area contributed by atoms with Crippen LogP contribution in [0.2, 0.25) is 5.02 Å². The molecule has 1 aromatic carbocycles. The molecule has 1 saturated heterocycles. The summed E-state index contributed by atoms with van der Waals surface area (Å²) >= 11 is 6.19. The lowest BCUT2D eigenvalue weighted by Crippen LogP contribution is -2.39. The maximum atomic E-state index is 6.19. The molecule has 3 rings (SSSR count). The maximum Gasteiger partial charge on any atom is 0.191 e. The zero-order valence-electron chi connectivity index (χ0n) is 17.5. The van der Waals surface area contributed by atoms with E-state index >= 15 is 0 Å². The molecule has 0 radical (unpaired) electrons. The Bertz CT molecular complexity index is 644. The van der Waals surface area contributed by atoms with E-state index < -0.39 is 0 Å². The highest BCUT2D eigenvalue weighted by molar-refractivity contribution is 6.30. The summed E-state index contributed by atoms with van der Waals surface area (Å²) in [6.07, 6.45) is 4.81. The number of hydrogen-bond acceptors (Lipinski definition) is 3. The highest BCUT2D eigenvalue weighted by Gasteiger charge is 2.44. The summed E-state index contributed by atoms with van der Waals surface area (Å²) in [4.78, 5) is 9.92. The van der Waals surface area contributed by atoms with Gasteiger partial charge in [0.2, 0.25) is 0 Å². The quantitative estimate of drug-likeness (QED) is 0.396. The van der Waals surface area contributed by atoms with E-state index in [4.69, 9.17) is 16.6 Å². The number of halogens is 1. The Morgan fingerprint density at radius 2 is 2.04 bits per heavy atom. The van der Waals surface area contributed by atoms with Crippen molar-refractivity contribution in [2.24, 2.45) is 4.99 Å². The van der Waals surface area contributed by atoms with Crippen molar-refractivity contribution in [1.82, 2.24) is 20.4 Å². The van der Waals surface area contributed by atoms with Gasteiger partial charge in [-0.3, -0.25) is 4.99 Å². The zero-order chi connectivity index (χ0) is 19.8. The molecule has 2 N–H and O–H groups in total. The van der Waals surface area contributed by atoms with Gasteiger partial charge in [-0.2, -0.15) is 0 Å². The molecule has 1 aromatic rings. The summed E-state index contributed by atoms with van der Waals surface area (Å²) in [5, 5.41) is 7.73. The number of benzene rings is 1. The molecule has 1 saturated carbocycles. The molecule has 2 fully saturated rings. The Hall–Kier alpha value is -1.30. The Labute approximate surface area is 175 Å². The average Bonchev–Trinajstić information content (AvgIpc) is 3.49. The molecule has 0 atom stereocenters. The van der Waals surface area contributed by atoms with Gasteiger partial charge in [-0.25, -0.2) is 0 Å². The van der Waals surface area contributed by atoms with Crippen molar-refractivity contribution in [3.8, 4) is 0 Å². The van der Waals surface area contributed by atoms with Crippen LogP contribution in [-0.2, 0) is 5.41 Å². The van der Waals surface area contributed by atoms with Gasteiger partial charge in [0.15, 0.2) is 5.96 Å². The smallest absolute Gasteiger partial charge is 0.191 e. The largest absolute Gasteiger partial charge is 0.357 e. The molecule has 0 spiro atoms. The SMILES string of the molecule is CCNC(=NCC1(c2cccc(Cl)c2)CC1)NCCCN1CCCN(C)CC1. The lowest BCUT2D eigenvalue weighted by Gasteiger charge is -2.20. The molecule has 0 bridgehead atoms. The molecular weight excluding hydrogens is 370 g/mol. The van der Waals surface area contributed by atoms with Gasteiger partial charge in [0.05, 0.1) is 6.54 Å².